The van der Waals surface area contributed by atoms with Crippen molar-refractivity contribution in [1.82, 2.24) is 15.0 Å². The zero-order valence-corrected chi connectivity index (χ0v) is 16.7. The van der Waals surface area contributed by atoms with Crippen LogP contribution in [0.1, 0.15) is 19.4 Å². The van der Waals surface area contributed by atoms with E-state index in [9.17, 15) is 0 Å². The Morgan fingerprint density at radius 1 is 0.821 bits per heavy atom. The van der Waals surface area contributed by atoms with Crippen LogP contribution in [0.5, 0.6) is 0 Å². The Balaban J connectivity index is 1.78. The van der Waals surface area contributed by atoms with E-state index in [0.29, 0.717) is 10.9 Å². The van der Waals surface area contributed by atoms with Gasteiger partial charge in [-0.2, -0.15) is 0 Å². The van der Waals surface area contributed by atoms with Crippen LogP contribution in [-0.2, 0) is 6.42 Å². The molecule has 28 heavy (non-hydrogen) atoms. The normalized spacial score (nSPS) is 11.1. The minimum Gasteiger partial charge on any atom is -0.337 e. The predicted octanol–water partition coefficient (Wildman–Crippen LogP) is 6.66. The molecule has 0 bridgehead atoms. The smallest absolute Gasteiger partial charge is 0.138 e. The monoisotopic (exact) mass is 387 g/mol. The van der Waals surface area contributed by atoms with E-state index < -0.39 is 0 Å². The van der Waals surface area contributed by atoms with Crippen LogP contribution in [0.4, 0.5) is 0 Å². The summed E-state index contributed by atoms with van der Waals surface area (Å²) in [6.07, 6.45) is 4.67. The van der Waals surface area contributed by atoms with Crippen molar-refractivity contribution in [3.05, 3.63) is 83.6 Å². The fourth-order valence-electron chi connectivity index (χ4n) is 3.32. The number of aromatic nitrogens is 3. The number of hydrogen-bond donors (Lipinski definition) is 1. The highest BCUT2D eigenvalue weighted by molar-refractivity contribution is 6.30. The van der Waals surface area contributed by atoms with Gasteiger partial charge in [0.15, 0.2) is 0 Å². The molecule has 2 heterocycles. The average molecular weight is 388 g/mol. The maximum absolute atomic E-state index is 6.07. The van der Waals surface area contributed by atoms with Crippen molar-refractivity contribution >= 4 is 11.6 Å². The first-order valence-electron chi connectivity index (χ1n) is 9.46. The Hall–Kier alpha value is -2.91. The molecular weight excluding hydrogens is 366 g/mol. The Morgan fingerprint density at radius 2 is 1.46 bits per heavy atom. The number of pyridine rings is 1. The molecule has 2 aromatic heterocycles. The van der Waals surface area contributed by atoms with Gasteiger partial charge in [-0.3, -0.25) is 4.98 Å². The molecule has 4 heteroatoms. The zero-order chi connectivity index (χ0) is 19.5. The highest BCUT2D eigenvalue weighted by Gasteiger charge is 2.15. The first kappa shape index (κ1) is 18.5. The van der Waals surface area contributed by atoms with Crippen LogP contribution in [0, 0.1) is 5.92 Å². The van der Waals surface area contributed by atoms with Crippen molar-refractivity contribution in [3.8, 4) is 33.9 Å². The summed E-state index contributed by atoms with van der Waals surface area (Å²) >= 11 is 6.07. The molecule has 0 spiro atoms. The number of benzene rings is 2. The molecule has 1 N–H and O–H groups in total. The number of imidazole rings is 1. The number of H-pyrrole nitrogens is 1. The lowest BCUT2D eigenvalue weighted by Gasteiger charge is -2.05. The molecule has 4 rings (SSSR count). The highest BCUT2D eigenvalue weighted by Crippen LogP contribution is 2.33. The lowest BCUT2D eigenvalue weighted by atomic mass is 10.0. The van der Waals surface area contributed by atoms with E-state index >= 15 is 0 Å². The van der Waals surface area contributed by atoms with Crippen LogP contribution in [-0.4, -0.2) is 15.0 Å². The highest BCUT2D eigenvalue weighted by atomic mass is 35.5. The van der Waals surface area contributed by atoms with Gasteiger partial charge in [-0.1, -0.05) is 61.8 Å². The van der Waals surface area contributed by atoms with Crippen LogP contribution in [0.2, 0.25) is 5.02 Å². The predicted molar refractivity (Wildman–Crippen MR) is 116 cm³/mol. The van der Waals surface area contributed by atoms with Crippen molar-refractivity contribution in [2.24, 2.45) is 5.92 Å². The third-order valence-corrected chi connectivity index (χ3v) is 4.91. The van der Waals surface area contributed by atoms with Gasteiger partial charge in [0.1, 0.15) is 5.82 Å². The lowest BCUT2D eigenvalue weighted by molar-refractivity contribution is 0.647. The summed E-state index contributed by atoms with van der Waals surface area (Å²) in [5, 5.41) is 0.714. The van der Waals surface area contributed by atoms with Crippen molar-refractivity contribution in [2.45, 2.75) is 20.3 Å². The van der Waals surface area contributed by atoms with E-state index in [0.717, 1.165) is 40.3 Å². The Bertz CT molecular complexity index is 1050. The molecule has 0 amide bonds. The molecule has 0 fully saturated rings. The second-order valence-corrected chi connectivity index (χ2v) is 7.78. The van der Waals surface area contributed by atoms with Crippen molar-refractivity contribution in [2.75, 3.05) is 0 Å². The molecule has 3 nitrogen and oxygen atoms in total. The summed E-state index contributed by atoms with van der Waals surface area (Å²) in [7, 11) is 0. The summed E-state index contributed by atoms with van der Waals surface area (Å²) in [4.78, 5) is 12.6. The lowest BCUT2D eigenvalue weighted by Crippen LogP contribution is -1.93. The number of nitrogens with zero attached hydrogens (tertiary/aromatic N) is 2. The van der Waals surface area contributed by atoms with Gasteiger partial charge in [0.25, 0.3) is 0 Å². The van der Waals surface area contributed by atoms with E-state index in [1.807, 2.05) is 36.4 Å². The van der Waals surface area contributed by atoms with Gasteiger partial charge in [0.2, 0.25) is 0 Å². The second-order valence-electron chi connectivity index (χ2n) is 7.35. The molecule has 0 saturated carbocycles. The largest absolute Gasteiger partial charge is 0.337 e. The van der Waals surface area contributed by atoms with E-state index in [2.05, 4.69) is 48.1 Å². The summed E-state index contributed by atoms with van der Waals surface area (Å²) in [5.41, 5.74) is 6.38. The van der Waals surface area contributed by atoms with E-state index in [1.54, 1.807) is 12.4 Å². The third-order valence-electron chi connectivity index (χ3n) is 4.66. The van der Waals surface area contributed by atoms with Crippen molar-refractivity contribution in [1.29, 1.82) is 0 Å². The van der Waals surface area contributed by atoms with Gasteiger partial charge in [-0.05, 0) is 42.2 Å². The van der Waals surface area contributed by atoms with E-state index in [-0.39, 0.29) is 0 Å². The fourth-order valence-corrected chi connectivity index (χ4v) is 3.45. The van der Waals surface area contributed by atoms with E-state index in [1.165, 1.54) is 5.56 Å². The molecule has 0 aliphatic rings. The minimum absolute atomic E-state index is 0.643. The summed E-state index contributed by atoms with van der Waals surface area (Å²) in [6.45, 7) is 4.47. The van der Waals surface area contributed by atoms with Crippen LogP contribution >= 0.6 is 11.6 Å². The Morgan fingerprint density at radius 3 is 2.11 bits per heavy atom. The number of rotatable bonds is 5. The maximum atomic E-state index is 6.07. The first-order chi connectivity index (χ1) is 13.6. The van der Waals surface area contributed by atoms with E-state index in [4.69, 9.17) is 16.6 Å². The van der Waals surface area contributed by atoms with Crippen molar-refractivity contribution in [3.63, 3.8) is 0 Å². The molecule has 0 aliphatic heterocycles. The van der Waals surface area contributed by atoms with Gasteiger partial charge in [-0.25, -0.2) is 4.98 Å². The van der Waals surface area contributed by atoms with Gasteiger partial charge in [0.05, 0.1) is 11.4 Å². The molecule has 0 saturated heterocycles. The number of aromatic amines is 1. The topological polar surface area (TPSA) is 41.6 Å². The van der Waals surface area contributed by atoms with Gasteiger partial charge in [-0.15, -0.1) is 0 Å². The van der Waals surface area contributed by atoms with Crippen molar-refractivity contribution < 1.29 is 0 Å². The Labute approximate surface area is 170 Å². The summed E-state index contributed by atoms with van der Waals surface area (Å²) < 4.78 is 0. The SMILES string of the molecule is CC(C)Cc1ccc(-c2nc(-c3ccc(Cl)cc3)c(-c3ccncc3)[nH]2)cc1. The molecule has 0 radical (unpaired) electrons. The van der Waals surface area contributed by atoms with Gasteiger partial charge >= 0.3 is 0 Å². The van der Waals surface area contributed by atoms with Crippen LogP contribution < -0.4 is 0 Å². The maximum Gasteiger partial charge on any atom is 0.138 e. The standard InChI is InChI=1S/C24H22ClN3/c1-16(2)15-17-3-5-20(6-4-17)24-27-22(18-7-9-21(25)10-8-18)23(28-24)19-11-13-26-14-12-19/h3-14,16H,15H2,1-2H3,(H,27,28). The quantitative estimate of drug-likeness (QED) is 0.416. The van der Waals surface area contributed by atoms with Crippen LogP contribution in [0.25, 0.3) is 33.9 Å². The second kappa shape index (κ2) is 7.99. The Kier molecular flexibility index (Phi) is 5.27. The molecule has 0 atom stereocenters. The number of halogens is 1. The molecule has 4 aromatic rings. The number of hydrogen-bond acceptors (Lipinski definition) is 2. The molecule has 0 unspecified atom stereocenters. The molecular formula is C24H22ClN3. The fraction of sp³-hybridized carbons (Fsp3) is 0.167. The van der Waals surface area contributed by atoms with Crippen LogP contribution in [0.15, 0.2) is 73.1 Å². The molecule has 140 valence electrons. The minimum atomic E-state index is 0.643. The molecule has 0 aliphatic carbocycles. The molecule has 2 aromatic carbocycles. The van der Waals surface area contributed by atoms with Crippen LogP contribution in [0.3, 0.4) is 0 Å². The summed E-state index contributed by atoms with van der Waals surface area (Å²) in [6, 6.07) is 20.4. The average Bonchev–Trinajstić information content (AvgIpc) is 3.15. The third kappa shape index (κ3) is 4.00. The first-order valence-corrected chi connectivity index (χ1v) is 9.83. The van der Waals surface area contributed by atoms with Gasteiger partial charge in [0, 0.05) is 34.1 Å². The summed E-state index contributed by atoms with van der Waals surface area (Å²) in [5.74, 6) is 1.50. The zero-order valence-electron chi connectivity index (χ0n) is 16.0. The number of nitrogens with one attached hydrogen (secondary N) is 1. The van der Waals surface area contributed by atoms with Gasteiger partial charge < -0.3 is 4.98 Å².